The van der Waals surface area contributed by atoms with Crippen LogP contribution in [0, 0.1) is 0 Å². The Hall–Kier alpha value is -5.31. The molecule has 0 unspecified atom stereocenters. The Bertz CT molecular complexity index is 1680. The first kappa shape index (κ1) is 23.4. The summed E-state index contributed by atoms with van der Waals surface area (Å²) in [6, 6.07) is 25.4. The molecule has 0 bridgehead atoms. The first-order valence-corrected chi connectivity index (χ1v) is 11.4. The van der Waals surface area contributed by atoms with Crippen LogP contribution in [0.5, 0.6) is 0 Å². The maximum atomic E-state index is 13.6. The van der Waals surface area contributed by atoms with Gasteiger partial charge in [0.1, 0.15) is 11.2 Å². The Morgan fingerprint density at radius 3 is 2.46 bits per heavy atom. The maximum Gasteiger partial charge on any atom is 0.337 e. The average molecular weight is 492 g/mol. The third-order valence-corrected chi connectivity index (χ3v) is 5.67. The van der Waals surface area contributed by atoms with E-state index in [-0.39, 0.29) is 16.8 Å². The Balaban J connectivity index is 1.49. The van der Waals surface area contributed by atoms with Gasteiger partial charge >= 0.3 is 12.0 Å². The fourth-order valence-electron chi connectivity index (χ4n) is 4.00. The number of carboxylic acids is 1. The summed E-state index contributed by atoms with van der Waals surface area (Å²) in [6.45, 7) is 0. The Morgan fingerprint density at radius 2 is 1.65 bits per heavy atom. The van der Waals surface area contributed by atoms with E-state index in [9.17, 15) is 19.5 Å². The van der Waals surface area contributed by atoms with Crippen LogP contribution in [0.3, 0.4) is 0 Å². The predicted octanol–water partition coefficient (Wildman–Crippen LogP) is 4.71. The number of carboxylic acid groups (broad SMARTS) is 1. The summed E-state index contributed by atoms with van der Waals surface area (Å²) in [5.74, 6) is -1.15. The number of fused-ring (bicyclic) bond motifs is 1. The standard InChI is InChI=1S/C28H21N5O4/c34-26-24(16-18-8-2-1-3-9-18)31-23-14-7-15-29-25(23)33(26)20-11-6-10-19(17-20)30-28(37)32-22-13-5-4-12-21(22)27(35)36/h1-15,17H,16H2,(H,35,36)(H2,30,32,37). The van der Waals surface area contributed by atoms with E-state index in [2.05, 4.69) is 20.6 Å². The van der Waals surface area contributed by atoms with E-state index in [1.807, 2.05) is 30.3 Å². The number of amides is 2. The molecule has 0 aliphatic carbocycles. The molecular formula is C28H21N5O4. The quantitative estimate of drug-likeness (QED) is 0.316. The molecule has 37 heavy (non-hydrogen) atoms. The van der Waals surface area contributed by atoms with Gasteiger partial charge in [-0.25, -0.2) is 19.6 Å². The molecule has 0 aliphatic heterocycles. The number of pyridine rings is 1. The van der Waals surface area contributed by atoms with Gasteiger partial charge in [-0.2, -0.15) is 0 Å². The van der Waals surface area contributed by atoms with Crippen molar-refractivity contribution in [1.29, 1.82) is 0 Å². The van der Waals surface area contributed by atoms with Crippen molar-refractivity contribution in [2.75, 3.05) is 10.6 Å². The second-order valence-corrected chi connectivity index (χ2v) is 8.19. The fourth-order valence-corrected chi connectivity index (χ4v) is 4.00. The number of nitrogens with one attached hydrogen (secondary N) is 2. The van der Waals surface area contributed by atoms with Gasteiger partial charge in [0.15, 0.2) is 5.65 Å². The number of hydrogen-bond donors (Lipinski definition) is 3. The second kappa shape index (κ2) is 10.1. The first-order chi connectivity index (χ1) is 18.0. The average Bonchev–Trinajstić information content (AvgIpc) is 2.90. The zero-order valence-corrected chi connectivity index (χ0v) is 19.5. The highest BCUT2D eigenvalue weighted by Gasteiger charge is 2.16. The number of para-hydroxylation sites is 1. The zero-order chi connectivity index (χ0) is 25.8. The number of hydrogen-bond acceptors (Lipinski definition) is 5. The number of rotatable bonds is 6. The van der Waals surface area contributed by atoms with Gasteiger partial charge in [0.2, 0.25) is 0 Å². The molecule has 5 aromatic rings. The number of urea groups is 1. The van der Waals surface area contributed by atoms with E-state index in [1.165, 1.54) is 16.7 Å². The lowest BCUT2D eigenvalue weighted by Gasteiger charge is -2.14. The van der Waals surface area contributed by atoms with Gasteiger partial charge in [0.05, 0.1) is 16.9 Å². The summed E-state index contributed by atoms with van der Waals surface area (Å²) in [5, 5.41) is 14.6. The van der Waals surface area contributed by atoms with Gasteiger partial charge in [-0.1, -0.05) is 48.5 Å². The smallest absolute Gasteiger partial charge is 0.337 e. The van der Waals surface area contributed by atoms with E-state index in [1.54, 1.807) is 54.7 Å². The first-order valence-electron chi connectivity index (χ1n) is 11.4. The maximum absolute atomic E-state index is 13.6. The van der Waals surface area contributed by atoms with Gasteiger partial charge in [0.25, 0.3) is 5.56 Å². The van der Waals surface area contributed by atoms with Crippen molar-refractivity contribution in [1.82, 2.24) is 14.5 Å². The monoisotopic (exact) mass is 491 g/mol. The van der Waals surface area contributed by atoms with Crippen LogP contribution in [0.15, 0.2) is 102 Å². The second-order valence-electron chi connectivity index (χ2n) is 8.19. The lowest BCUT2D eigenvalue weighted by Crippen LogP contribution is -2.26. The van der Waals surface area contributed by atoms with Crippen LogP contribution in [-0.4, -0.2) is 31.6 Å². The van der Waals surface area contributed by atoms with Gasteiger partial charge in [-0.05, 0) is 48.0 Å². The largest absolute Gasteiger partial charge is 0.478 e. The third-order valence-electron chi connectivity index (χ3n) is 5.67. The van der Waals surface area contributed by atoms with Crippen LogP contribution in [-0.2, 0) is 6.42 Å². The molecule has 0 saturated carbocycles. The minimum absolute atomic E-state index is 0.0294. The number of nitrogens with zero attached hydrogens (tertiary/aromatic N) is 3. The highest BCUT2D eigenvalue weighted by atomic mass is 16.4. The Labute approximate surface area is 211 Å². The van der Waals surface area contributed by atoms with E-state index in [0.717, 1.165) is 5.56 Å². The number of aromatic nitrogens is 3. The summed E-state index contributed by atoms with van der Waals surface area (Å²) in [5.41, 5.74) is 2.99. The van der Waals surface area contributed by atoms with Crippen LogP contribution < -0.4 is 16.2 Å². The number of carbonyl (C=O) groups is 2. The molecule has 2 aromatic heterocycles. The highest BCUT2D eigenvalue weighted by Crippen LogP contribution is 2.20. The predicted molar refractivity (Wildman–Crippen MR) is 140 cm³/mol. The number of benzene rings is 3. The van der Waals surface area contributed by atoms with Crippen LogP contribution in [0.2, 0.25) is 0 Å². The van der Waals surface area contributed by atoms with Gasteiger partial charge in [-0.15, -0.1) is 0 Å². The molecule has 0 radical (unpaired) electrons. The summed E-state index contributed by atoms with van der Waals surface area (Å²) in [4.78, 5) is 46.6. The highest BCUT2D eigenvalue weighted by molar-refractivity contribution is 6.04. The number of anilines is 2. The topological polar surface area (TPSA) is 126 Å². The van der Waals surface area contributed by atoms with E-state index >= 15 is 0 Å². The van der Waals surface area contributed by atoms with Crippen molar-refractivity contribution in [2.45, 2.75) is 6.42 Å². The Kier molecular flexibility index (Phi) is 6.41. The van der Waals surface area contributed by atoms with Crippen molar-refractivity contribution in [3.05, 3.63) is 124 Å². The molecule has 0 fully saturated rings. The molecule has 5 rings (SSSR count). The Morgan fingerprint density at radius 1 is 0.865 bits per heavy atom. The minimum Gasteiger partial charge on any atom is -0.478 e. The van der Waals surface area contributed by atoms with Crippen LogP contribution in [0.4, 0.5) is 16.2 Å². The van der Waals surface area contributed by atoms with E-state index < -0.39 is 12.0 Å². The molecule has 9 nitrogen and oxygen atoms in total. The van der Waals surface area contributed by atoms with E-state index in [4.69, 9.17) is 0 Å². The minimum atomic E-state index is -1.15. The fraction of sp³-hybridized carbons (Fsp3) is 0.0357. The van der Waals surface area contributed by atoms with Crippen molar-refractivity contribution >= 4 is 34.5 Å². The van der Waals surface area contributed by atoms with Crippen molar-refractivity contribution in [2.24, 2.45) is 0 Å². The van der Waals surface area contributed by atoms with Crippen molar-refractivity contribution in [3.63, 3.8) is 0 Å². The van der Waals surface area contributed by atoms with Gasteiger partial charge in [-0.3, -0.25) is 9.36 Å². The molecule has 9 heteroatoms. The lowest BCUT2D eigenvalue weighted by molar-refractivity contribution is 0.0698. The molecule has 2 amide bonds. The third kappa shape index (κ3) is 5.06. The summed E-state index contributed by atoms with van der Waals surface area (Å²) >= 11 is 0. The van der Waals surface area contributed by atoms with Crippen molar-refractivity contribution in [3.8, 4) is 5.69 Å². The van der Waals surface area contributed by atoms with Crippen molar-refractivity contribution < 1.29 is 14.7 Å². The zero-order valence-electron chi connectivity index (χ0n) is 19.5. The number of carbonyl (C=O) groups excluding carboxylic acids is 1. The SMILES string of the molecule is O=C(Nc1cccc(-n2c(=O)c(Cc3ccccc3)nc3cccnc32)c1)Nc1ccccc1C(=O)O. The molecule has 0 saturated heterocycles. The molecule has 2 heterocycles. The molecule has 0 atom stereocenters. The summed E-state index contributed by atoms with van der Waals surface area (Å²) in [6.07, 6.45) is 1.94. The molecule has 0 aliphatic rings. The molecule has 0 spiro atoms. The molecule has 3 N–H and O–H groups in total. The van der Waals surface area contributed by atoms with Gasteiger partial charge < -0.3 is 15.7 Å². The molecule has 3 aromatic carbocycles. The normalized spacial score (nSPS) is 10.7. The van der Waals surface area contributed by atoms with E-state index in [0.29, 0.717) is 34.7 Å². The molecule has 182 valence electrons. The van der Waals surface area contributed by atoms with Crippen LogP contribution >= 0.6 is 0 Å². The van der Waals surface area contributed by atoms with Gasteiger partial charge in [0, 0.05) is 18.3 Å². The molecular weight excluding hydrogens is 470 g/mol. The number of aromatic carboxylic acids is 1. The summed E-state index contributed by atoms with van der Waals surface area (Å²) < 4.78 is 1.48. The van der Waals surface area contributed by atoms with Crippen LogP contribution in [0.1, 0.15) is 21.6 Å². The lowest BCUT2D eigenvalue weighted by atomic mass is 10.1. The van der Waals surface area contributed by atoms with Crippen LogP contribution in [0.25, 0.3) is 16.9 Å². The summed E-state index contributed by atoms with van der Waals surface area (Å²) in [7, 11) is 0.